The quantitative estimate of drug-likeness (QED) is 0.867. The van der Waals surface area contributed by atoms with Gasteiger partial charge in [0.15, 0.2) is 0 Å². The summed E-state index contributed by atoms with van der Waals surface area (Å²) in [5.41, 5.74) is 0.775. The zero-order valence-corrected chi connectivity index (χ0v) is 12.4. The maximum absolute atomic E-state index is 13.6. The molecule has 8 heteroatoms. The summed E-state index contributed by atoms with van der Waals surface area (Å²) < 4.78 is 33.0. The lowest BCUT2D eigenvalue weighted by atomic mass is 10.2. The van der Waals surface area contributed by atoms with Gasteiger partial charge in [0.25, 0.3) is 0 Å². The van der Waals surface area contributed by atoms with Crippen LogP contribution in [0, 0.1) is 11.6 Å². The molecule has 2 heterocycles. The van der Waals surface area contributed by atoms with Gasteiger partial charge in [0.1, 0.15) is 23.9 Å². The minimum Gasteiger partial charge on any atom is -0.443 e. The second-order valence-corrected chi connectivity index (χ2v) is 5.39. The van der Waals surface area contributed by atoms with Crippen molar-refractivity contribution in [2.75, 3.05) is 13.1 Å². The molecule has 1 aliphatic rings. The fourth-order valence-electron chi connectivity index (χ4n) is 2.43. The first-order valence-electron chi connectivity index (χ1n) is 7.36. The van der Waals surface area contributed by atoms with Gasteiger partial charge in [-0.15, -0.1) is 5.10 Å². The van der Waals surface area contributed by atoms with E-state index in [4.69, 9.17) is 4.74 Å². The summed E-state index contributed by atoms with van der Waals surface area (Å²) in [4.78, 5) is 13.4. The van der Waals surface area contributed by atoms with E-state index in [-0.39, 0.29) is 19.2 Å². The van der Waals surface area contributed by atoms with Crippen LogP contribution in [-0.4, -0.2) is 39.1 Å². The number of carbonyl (C=O) groups is 1. The highest BCUT2D eigenvalue weighted by Crippen LogP contribution is 2.12. The Labute approximate surface area is 131 Å². The van der Waals surface area contributed by atoms with Gasteiger partial charge in [0, 0.05) is 24.7 Å². The number of nitrogens with zero attached hydrogens (tertiary/aromatic N) is 4. The Morgan fingerprint density at radius 3 is 2.78 bits per heavy atom. The first-order chi connectivity index (χ1) is 11.1. The molecule has 1 saturated heterocycles. The van der Waals surface area contributed by atoms with Gasteiger partial charge >= 0.3 is 6.09 Å². The molecule has 0 saturated carbocycles. The van der Waals surface area contributed by atoms with Crippen LogP contribution >= 0.6 is 0 Å². The van der Waals surface area contributed by atoms with Crippen LogP contribution in [0.25, 0.3) is 0 Å². The van der Waals surface area contributed by atoms with Crippen LogP contribution in [0.5, 0.6) is 0 Å². The van der Waals surface area contributed by atoms with Crippen molar-refractivity contribution < 1.29 is 18.3 Å². The third-order valence-electron chi connectivity index (χ3n) is 3.64. The molecule has 0 radical (unpaired) electrons. The molecule has 23 heavy (non-hydrogen) atoms. The number of amides is 1. The molecule has 0 spiro atoms. The molecule has 0 bridgehead atoms. The van der Waals surface area contributed by atoms with Crippen molar-refractivity contribution in [1.29, 1.82) is 0 Å². The van der Waals surface area contributed by atoms with Crippen molar-refractivity contribution in [1.82, 2.24) is 19.9 Å². The number of aromatic nitrogens is 3. The number of benzene rings is 1. The van der Waals surface area contributed by atoms with Crippen molar-refractivity contribution in [3.8, 4) is 0 Å². The number of likely N-dealkylation sites (tertiary alicyclic amines) is 1. The number of halogens is 2. The summed E-state index contributed by atoms with van der Waals surface area (Å²) >= 11 is 0. The lowest BCUT2D eigenvalue weighted by Crippen LogP contribution is -2.28. The zero-order chi connectivity index (χ0) is 16.2. The average Bonchev–Trinajstić information content (AvgIpc) is 3.19. The summed E-state index contributed by atoms with van der Waals surface area (Å²) in [5, 5.41) is 7.73. The second kappa shape index (κ2) is 6.72. The first kappa shape index (κ1) is 15.4. The smallest absolute Gasteiger partial charge is 0.410 e. The van der Waals surface area contributed by atoms with Crippen molar-refractivity contribution in [3.63, 3.8) is 0 Å². The highest BCUT2D eigenvalue weighted by molar-refractivity contribution is 5.67. The maximum atomic E-state index is 13.6. The SMILES string of the molecule is O=C(OCc1cn(Cc2ccc(F)cc2F)nn1)N1CCCC1. The standard InChI is InChI=1S/C15H16F2N4O2/c16-12-4-3-11(14(17)7-12)8-21-9-13(18-19-21)10-23-15(22)20-5-1-2-6-20/h3-4,7,9H,1-2,5-6,8,10H2. The van der Waals surface area contributed by atoms with E-state index in [1.54, 1.807) is 11.1 Å². The predicted molar refractivity (Wildman–Crippen MR) is 76.5 cm³/mol. The van der Waals surface area contributed by atoms with E-state index >= 15 is 0 Å². The van der Waals surface area contributed by atoms with Gasteiger partial charge < -0.3 is 9.64 Å². The maximum Gasteiger partial charge on any atom is 0.410 e. The van der Waals surface area contributed by atoms with E-state index in [0.717, 1.165) is 32.0 Å². The molecule has 1 fully saturated rings. The third kappa shape index (κ3) is 3.82. The van der Waals surface area contributed by atoms with E-state index in [1.165, 1.54) is 16.8 Å². The summed E-state index contributed by atoms with van der Waals surface area (Å²) in [6, 6.07) is 3.37. The molecule has 122 valence electrons. The minimum absolute atomic E-state index is 0.0151. The van der Waals surface area contributed by atoms with E-state index in [2.05, 4.69) is 10.3 Å². The molecule has 0 atom stereocenters. The normalized spacial score (nSPS) is 14.3. The van der Waals surface area contributed by atoms with Crippen LogP contribution in [-0.2, 0) is 17.9 Å². The molecule has 6 nitrogen and oxygen atoms in total. The number of carbonyl (C=O) groups excluding carboxylic acids is 1. The summed E-state index contributed by atoms with van der Waals surface area (Å²) in [7, 11) is 0. The van der Waals surface area contributed by atoms with Crippen molar-refractivity contribution in [3.05, 3.63) is 47.3 Å². The molecule has 1 aromatic heterocycles. The lowest BCUT2D eigenvalue weighted by molar-refractivity contribution is 0.103. The van der Waals surface area contributed by atoms with Crippen LogP contribution in [0.4, 0.5) is 13.6 Å². The number of ether oxygens (including phenoxy) is 1. The van der Waals surface area contributed by atoms with Crippen LogP contribution in [0.1, 0.15) is 24.1 Å². The molecule has 3 rings (SSSR count). The monoisotopic (exact) mass is 322 g/mol. The zero-order valence-electron chi connectivity index (χ0n) is 12.4. The summed E-state index contributed by atoms with van der Waals surface area (Å²) in [6.45, 7) is 1.57. The van der Waals surface area contributed by atoms with Gasteiger partial charge in [-0.25, -0.2) is 18.3 Å². The van der Waals surface area contributed by atoms with Gasteiger partial charge in [0.05, 0.1) is 12.7 Å². The number of hydrogen-bond donors (Lipinski definition) is 0. The molecular formula is C15H16F2N4O2. The Kier molecular flexibility index (Phi) is 4.50. The predicted octanol–water partition coefficient (Wildman–Crippen LogP) is 2.34. The average molecular weight is 322 g/mol. The van der Waals surface area contributed by atoms with Gasteiger partial charge in [-0.3, -0.25) is 0 Å². The second-order valence-electron chi connectivity index (χ2n) is 5.39. The number of rotatable bonds is 4. The summed E-state index contributed by atoms with van der Waals surface area (Å²) in [6.07, 6.45) is 3.20. The van der Waals surface area contributed by atoms with Crippen molar-refractivity contribution in [2.24, 2.45) is 0 Å². The highest BCUT2D eigenvalue weighted by atomic mass is 19.1. The Morgan fingerprint density at radius 1 is 1.26 bits per heavy atom. The third-order valence-corrected chi connectivity index (χ3v) is 3.64. The number of hydrogen-bond acceptors (Lipinski definition) is 4. The van der Waals surface area contributed by atoms with Gasteiger partial charge in [0.2, 0.25) is 0 Å². The van der Waals surface area contributed by atoms with E-state index in [0.29, 0.717) is 11.3 Å². The minimum atomic E-state index is -0.637. The Balaban J connectivity index is 1.56. The molecule has 1 aromatic carbocycles. The van der Waals surface area contributed by atoms with Crippen molar-refractivity contribution in [2.45, 2.75) is 26.0 Å². The molecule has 1 amide bonds. The molecule has 1 aliphatic heterocycles. The van der Waals surface area contributed by atoms with Crippen LogP contribution < -0.4 is 0 Å². The van der Waals surface area contributed by atoms with Crippen LogP contribution in [0.15, 0.2) is 24.4 Å². The largest absolute Gasteiger partial charge is 0.443 e. The Hall–Kier alpha value is -2.51. The lowest BCUT2D eigenvalue weighted by Gasteiger charge is -2.13. The van der Waals surface area contributed by atoms with Gasteiger partial charge in [-0.1, -0.05) is 11.3 Å². The fourth-order valence-corrected chi connectivity index (χ4v) is 2.43. The summed E-state index contributed by atoms with van der Waals surface area (Å²) in [5.74, 6) is -1.26. The molecule has 2 aromatic rings. The van der Waals surface area contributed by atoms with Gasteiger partial charge in [-0.05, 0) is 18.9 Å². The van der Waals surface area contributed by atoms with Crippen LogP contribution in [0.2, 0.25) is 0 Å². The van der Waals surface area contributed by atoms with Crippen molar-refractivity contribution >= 4 is 6.09 Å². The Bertz CT molecular complexity index is 699. The first-order valence-corrected chi connectivity index (χ1v) is 7.36. The van der Waals surface area contributed by atoms with E-state index in [9.17, 15) is 13.6 Å². The Morgan fingerprint density at radius 2 is 2.04 bits per heavy atom. The molecule has 0 unspecified atom stereocenters. The van der Waals surface area contributed by atoms with E-state index in [1.807, 2.05) is 0 Å². The van der Waals surface area contributed by atoms with Crippen LogP contribution in [0.3, 0.4) is 0 Å². The molecule has 0 aliphatic carbocycles. The van der Waals surface area contributed by atoms with E-state index < -0.39 is 11.6 Å². The highest BCUT2D eigenvalue weighted by Gasteiger charge is 2.19. The topological polar surface area (TPSA) is 60.3 Å². The molecular weight excluding hydrogens is 306 g/mol. The molecule has 0 N–H and O–H groups in total. The fraction of sp³-hybridized carbons (Fsp3) is 0.400. The van der Waals surface area contributed by atoms with Gasteiger partial charge in [-0.2, -0.15) is 0 Å².